The van der Waals surface area contributed by atoms with Crippen LogP contribution >= 0.6 is 0 Å². The van der Waals surface area contributed by atoms with Gasteiger partial charge in [0.2, 0.25) is 0 Å². The number of hydrogen-bond acceptors (Lipinski definition) is 4. The van der Waals surface area contributed by atoms with E-state index in [2.05, 4.69) is 16.5 Å². The molecule has 2 saturated heterocycles. The molecule has 2 fully saturated rings. The van der Waals surface area contributed by atoms with Gasteiger partial charge >= 0.3 is 6.09 Å². The van der Waals surface area contributed by atoms with Gasteiger partial charge in [-0.25, -0.2) is 4.79 Å². The van der Waals surface area contributed by atoms with Crippen molar-refractivity contribution in [2.45, 2.75) is 32.3 Å². The van der Waals surface area contributed by atoms with Crippen LogP contribution < -0.4 is 5.32 Å². The van der Waals surface area contributed by atoms with Gasteiger partial charge in [0.1, 0.15) is 5.60 Å². The summed E-state index contributed by atoms with van der Waals surface area (Å²) in [4.78, 5) is 13.9. The highest BCUT2D eigenvalue weighted by atomic mass is 16.6. The van der Waals surface area contributed by atoms with Gasteiger partial charge in [-0.3, -0.25) is 4.68 Å². The van der Waals surface area contributed by atoms with E-state index < -0.39 is 5.60 Å². The van der Waals surface area contributed by atoms with Gasteiger partial charge in [0.25, 0.3) is 0 Å². The molecule has 1 atom stereocenters. The van der Waals surface area contributed by atoms with Crippen molar-refractivity contribution in [2.24, 2.45) is 12.5 Å². The monoisotopic (exact) mass is 292 g/mol. The van der Waals surface area contributed by atoms with Gasteiger partial charge in [0.05, 0.1) is 5.69 Å². The summed E-state index contributed by atoms with van der Waals surface area (Å²) in [5.41, 5.74) is 0.797. The highest BCUT2D eigenvalue weighted by molar-refractivity contribution is 5.69. The Kier molecular flexibility index (Phi) is 3.24. The zero-order chi connectivity index (χ0) is 15.3. The number of ether oxygens (including phenoxy) is 1. The maximum atomic E-state index is 12.1. The molecule has 1 N–H and O–H groups in total. The number of aromatic nitrogens is 2. The predicted molar refractivity (Wildman–Crippen MR) is 79.1 cm³/mol. The smallest absolute Gasteiger partial charge is 0.410 e. The second-order valence-electron chi connectivity index (χ2n) is 7.30. The summed E-state index contributed by atoms with van der Waals surface area (Å²) < 4.78 is 7.28. The third kappa shape index (κ3) is 2.64. The molecular formula is C15H24N4O2. The van der Waals surface area contributed by atoms with Gasteiger partial charge in [0, 0.05) is 50.8 Å². The molecule has 1 amide bonds. The van der Waals surface area contributed by atoms with Crippen molar-refractivity contribution in [1.29, 1.82) is 0 Å². The number of carbonyl (C=O) groups excluding carboxylic acids is 1. The zero-order valence-corrected chi connectivity index (χ0v) is 13.2. The molecule has 1 unspecified atom stereocenters. The first-order chi connectivity index (χ1) is 9.79. The Morgan fingerprint density at radius 1 is 1.48 bits per heavy atom. The molecule has 3 heterocycles. The summed E-state index contributed by atoms with van der Waals surface area (Å²) in [6.45, 7) is 9.05. The van der Waals surface area contributed by atoms with Crippen LogP contribution in [-0.2, 0) is 11.8 Å². The van der Waals surface area contributed by atoms with Gasteiger partial charge in [-0.1, -0.05) is 0 Å². The summed E-state index contributed by atoms with van der Waals surface area (Å²) in [5, 5.41) is 7.99. The van der Waals surface area contributed by atoms with E-state index in [1.807, 2.05) is 38.7 Å². The zero-order valence-electron chi connectivity index (χ0n) is 13.2. The van der Waals surface area contributed by atoms with Crippen LogP contribution in [0.1, 0.15) is 32.4 Å². The molecule has 0 bridgehead atoms. The molecule has 0 aliphatic carbocycles. The maximum absolute atomic E-state index is 12.1. The Labute approximate surface area is 125 Å². The molecule has 0 aromatic carbocycles. The number of nitrogens with one attached hydrogen (secondary N) is 1. The lowest BCUT2D eigenvalue weighted by molar-refractivity contribution is -0.0332. The lowest BCUT2D eigenvalue weighted by atomic mass is 9.70. The van der Waals surface area contributed by atoms with Crippen molar-refractivity contribution < 1.29 is 9.53 Å². The summed E-state index contributed by atoms with van der Waals surface area (Å²) in [7, 11) is 1.94. The first-order valence-electron chi connectivity index (χ1n) is 7.47. The van der Waals surface area contributed by atoms with E-state index in [-0.39, 0.29) is 11.5 Å². The maximum Gasteiger partial charge on any atom is 0.410 e. The van der Waals surface area contributed by atoms with Crippen LogP contribution in [0, 0.1) is 5.41 Å². The van der Waals surface area contributed by atoms with Crippen LogP contribution in [0.2, 0.25) is 0 Å². The number of nitrogens with zero attached hydrogens (tertiary/aromatic N) is 3. The normalized spacial score (nSPS) is 24.2. The molecule has 0 saturated carbocycles. The number of aryl methyl sites for hydroxylation is 1. The Morgan fingerprint density at radius 2 is 2.19 bits per heavy atom. The van der Waals surface area contributed by atoms with Crippen molar-refractivity contribution in [3.63, 3.8) is 0 Å². The van der Waals surface area contributed by atoms with Crippen LogP contribution in [0.5, 0.6) is 0 Å². The van der Waals surface area contributed by atoms with E-state index in [1.54, 1.807) is 4.90 Å². The molecule has 6 nitrogen and oxygen atoms in total. The van der Waals surface area contributed by atoms with Crippen molar-refractivity contribution in [1.82, 2.24) is 20.0 Å². The van der Waals surface area contributed by atoms with Crippen molar-refractivity contribution in [3.8, 4) is 0 Å². The van der Waals surface area contributed by atoms with E-state index in [1.165, 1.54) is 0 Å². The first-order valence-corrected chi connectivity index (χ1v) is 7.47. The van der Waals surface area contributed by atoms with E-state index >= 15 is 0 Å². The van der Waals surface area contributed by atoms with Crippen LogP contribution in [0.4, 0.5) is 4.79 Å². The minimum atomic E-state index is -0.436. The van der Waals surface area contributed by atoms with E-state index in [0.29, 0.717) is 5.92 Å². The van der Waals surface area contributed by atoms with E-state index in [0.717, 1.165) is 31.9 Å². The van der Waals surface area contributed by atoms with Crippen LogP contribution in [0.25, 0.3) is 0 Å². The molecule has 2 aliphatic rings. The molecule has 2 aliphatic heterocycles. The lowest BCUT2D eigenvalue weighted by Gasteiger charge is -2.50. The molecular weight excluding hydrogens is 268 g/mol. The third-order valence-electron chi connectivity index (χ3n) is 4.32. The highest BCUT2D eigenvalue weighted by Gasteiger charge is 2.54. The number of hydrogen-bond donors (Lipinski definition) is 1. The van der Waals surface area contributed by atoms with Crippen molar-refractivity contribution in [3.05, 3.63) is 18.0 Å². The fourth-order valence-corrected chi connectivity index (χ4v) is 3.34. The van der Waals surface area contributed by atoms with Crippen LogP contribution in [0.3, 0.4) is 0 Å². The molecule has 116 valence electrons. The Balaban J connectivity index is 1.66. The van der Waals surface area contributed by atoms with Crippen molar-refractivity contribution >= 4 is 6.09 Å². The first kappa shape index (κ1) is 14.4. The predicted octanol–water partition coefficient (Wildman–Crippen LogP) is 1.34. The second-order valence-corrected chi connectivity index (χ2v) is 7.30. The summed E-state index contributed by atoms with van der Waals surface area (Å²) >= 11 is 0. The van der Waals surface area contributed by atoms with Gasteiger partial charge in [-0.05, 0) is 26.8 Å². The van der Waals surface area contributed by atoms with Gasteiger partial charge in [0.15, 0.2) is 0 Å². The Bertz CT molecular complexity index is 540. The topological polar surface area (TPSA) is 59.4 Å². The largest absolute Gasteiger partial charge is 0.444 e. The number of amides is 1. The molecule has 21 heavy (non-hydrogen) atoms. The van der Waals surface area contributed by atoms with Gasteiger partial charge < -0.3 is 15.0 Å². The van der Waals surface area contributed by atoms with Crippen LogP contribution in [-0.4, -0.2) is 52.6 Å². The molecule has 1 spiro atoms. The third-order valence-corrected chi connectivity index (χ3v) is 4.32. The minimum absolute atomic E-state index is 0.116. The number of likely N-dealkylation sites (tertiary alicyclic amines) is 1. The minimum Gasteiger partial charge on any atom is -0.444 e. The summed E-state index contributed by atoms with van der Waals surface area (Å²) in [6.07, 6.45) is 1.77. The number of carbonyl (C=O) groups is 1. The summed E-state index contributed by atoms with van der Waals surface area (Å²) in [6, 6.07) is 2.08. The molecule has 6 heteroatoms. The average molecular weight is 292 g/mol. The molecule has 0 radical (unpaired) electrons. The van der Waals surface area contributed by atoms with Gasteiger partial charge in [-0.2, -0.15) is 5.10 Å². The molecule has 1 aromatic heterocycles. The lowest BCUT2D eigenvalue weighted by Crippen LogP contribution is -2.62. The average Bonchev–Trinajstić information content (AvgIpc) is 2.89. The van der Waals surface area contributed by atoms with Gasteiger partial charge in [-0.15, -0.1) is 0 Å². The fraction of sp³-hybridized carbons (Fsp3) is 0.733. The highest BCUT2D eigenvalue weighted by Crippen LogP contribution is 2.45. The fourth-order valence-electron chi connectivity index (χ4n) is 3.34. The molecule has 3 rings (SSSR count). The Hall–Kier alpha value is -1.56. The quantitative estimate of drug-likeness (QED) is 0.848. The SMILES string of the molecule is Cn1ccc(C2CNCC23CN(C(=O)OC(C)(C)C)C3)n1. The standard InChI is InChI=1S/C15H24N4O2/c1-14(2,3)21-13(20)19-9-15(10-19)8-16-7-11(15)12-5-6-18(4)17-12/h5-6,11,16H,7-10H2,1-4H3. The summed E-state index contributed by atoms with van der Waals surface area (Å²) in [5.74, 6) is 0.373. The second kappa shape index (κ2) is 4.73. The van der Waals surface area contributed by atoms with E-state index in [9.17, 15) is 4.79 Å². The van der Waals surface area contributed by atoms with Crippen LogP contribution in [0.15, 0.2) is 12.3 Å². The molecule has 1 aromatic rings. The Morgan fingerprint density at radius 3 is 2.76 bits per heavy atom. The number of rotatable bonds is 1. The van der Waals surface area contributed by atoms with Crippen molar-refractivity contribution in [2.75, 3.05) is 26.2 Å². The van der Waals surface area contributed by atoms with E-state index in [4.69, 9.17) is 4.74 Å².